The summed E-state index contributed by atoms with van der Waals surface area (Å²) in [6.07, 6.45) is 5.00. The summed E-state index contributed by atoms with van der Waals surface area (Å²) in [6, 6.07) is 0. The Balaban J connectivity index is 1.36. The predicted molar refractivity (Wildman–Crippen MR) is 73.8 cm³/mol. The molecule has 1 aliphatic carbocycles. The molecule has 6 heteroatoms. The maximum Gasteiger partial charge on any atom is 0.229 e. The van der Waals surface area contributed by atoms with E-state index in [1.165, 1.54) is 0 Å². The molecule has 114 valence electrons. The first kappa shape index (κ1) is 13.2. The maximum absolute atomic E-state index is 12.0. The molecule has 1 atom stereocenters. The van der Waals surface area contributed by atoms with Crippen molar-refractivity contribution in [2.45, 2.75) is 43.9 Å². The third kappa shape index (κ3) is 2.69. The maximum atomic E-state index is 12.0. The fraction of sp³-hybridized carbons (Fsp3) is 0.800. The van der Waals surface area contributed by atoms with Gasteiger partial charge in [0.1, 0.15) is 0 Å². The lowest BCUT2D eigenvalue weighted by molar-refractivity contribution is -0.133. The Morgan fingerprint density at radius 3 is 2.57 bits per heavy atom. The van der Waals surface area contributed by atoms with Crippen molar-refractivity contribution in [2.24, 2.45) is 5.92 Å². The van der Waals surface area contributed by atoms with Crippen molar-refractivity contribution >= 4 is 5.91 Å². The standard InChI is InChI=1S/C15H21N3O3/c19-15(11-1-2-11)18-6-3-10(4-7-18)14-16-13(17-21-14)12-5-8-20-9-12/h10-12H,1-9H2. The zero-order valence-corrected chi connectivity index (χ0v) is 12.2. The zero-order valence-electron chi connectivity index (χ0n) is 12.2. The molecule has 3 heterocycles. The molecule has 21 heavy (non-hydrogen) atoms. The van der Waals surface area contributed by atoms with Crippen molar-refractivity contribution in [3.8, 4) is 0 Å². The second kappa shape index (κ2) is 5.40. The number of ether oxygens (including phenoxy) is 1. The summed E-state index contributed by atoms with van der Waals surface area (Å²) in [5.41, 5.74) is 0. The average Bonchev–Trinajstić information content (AvgIpc) is 3.03. The highest BCUT2D eigenvalue weighted by Crippen LogP contribution is 2.34. The molecule has 1 saturated carbocycles. The van der Waals surface area contributed by atoms with Crippen LogP contribution in [0.4, 0.5) is 0 Å². The van der Waals surface area contributed by atoms with Crippen molar-refractivity contribution in [2.75, 3.05) is 26.3 Å². The number of hydrogen-bond donors (Lipinski definition) is 0. The molecular formula is C15H21N3O3. The lowest BCUT2D eigenvalue weighted by Crippen LogP contribution is -2.38. The fourth-order valence-corrected chi connectivity index (χ4v) is 3.25. The van der Waals surface area contributed by atoms with Gasteiger partial charge in [-0.3, -0.25) is 4.79 Å². The Bertz CT molecular complexity index is 512. The monoisotopic (exact) mass is 291 g/mol. The van der Waals surface area contributed by atoms with E-state index in [0.717, 1.165) is 63.5 Å². The van der Waals surface area contributed by atoms with Gasteiger partial charge in [-0.2, -0.15) is 4.98 Å². The molecule has 0 N–H and O–H groups in total. The van der Waals surface area contributed by atoms with E-state index in [0.29, 0.717) is 30.3 Å². The Morgan fingerprint density at radius 1 is 1.10 bits per heavy atom. The smallest absolute Gasteiger partial charge is 0.229 e. The number of carbonyl (C=O) groups excluding carboxylic acids is 1. The SMILES string of the molecule is O=C(C1CC1)N1CCC(c2nc(C3CCOC3)no2)CC1. The van der Waals surface area contributed by atoms with E-state index in [4.69, 9.17) is 9.26 Å². The van der Waals surface area contributed by atoms with Gasteiger partial charge in [0.15, 0.2) is 5.82 Å². The van der Waals surface area contributed by atoms with E-state index in [2.05, 4.69) is 10.1 Å². The second-order valence-electron chi connectivity index (χ2n) is 6.43. The molecular weight excluding hydrogens is 270 g/mol. The molecule has 3 aliphatic rings. The van der Waals surface area contributed by atoms with Crippen LogP contribution in [0.2, 0.25) is 0 Å². The Kier molecular flexibility index (Phi) is 3.41. The van der Waals surface area contributed by atoms with Crippen LogP contribution in [0.1, 0.15) is 55.7 Å². The number of amides is 1. The third-order valence-electron chi connectivity index (χ3n) is 4.83. The molecule has 1 unspecified atom stereocenters. The van der Waals surface area contributed by atoms with Gasteiger partial charge in [0.25, 0.3) is 0 Å². The Morgan fingerprint density at radius 2 is 1.90 bits per heavy atom. The van der Waals surface area contributed by atoms with E-state index >= 15 is 0 Å². The number of nitrogens with zero attached hydrogens (tertiary/aromatic N) is 3. The minimum absolute atomic E-state index is 0.291. The molecule has 1 aromatic rings. The molecule has 2 saturated heterocycles. The molecule has 6 nitrogen and oxygen atoms in total. The van der Waals surface area contributed by atoms with E-state index < -0.39 is 0 Å². The summed E-state index contributed by atoms with van der Waals surface area (Å²) < 4.78 is 10.8. The number of rotatable bonds is 3. The van der Waals surface area contributed by atoms with E-state index in [-0.39, 0.29) is 0 Å². The molecule has 1 aromatic heterocycles. The van der Waals surface area contributed by atoms with Crippen LogP contribution in [0, 0.1) is 5.92 Å². The second-order valence-corrected chi connectivity index (χ2v) is 6.43. The molecule has 0 radical (unpaired) electrons. The normalized spacial score (nSPS) is 27.2. The summed E-state index contributed by atoms with van der Waals surface area (Å²) in [6.45, 7) is 3.14. The van der Waals surface area contributed by atoms with Crippen molar-refractivity contribution in [1.29, 1.82) is 0 Å². The van der Waals surface area contributed by atoms with Crippen LogP contribution < -0.4 is 0 Å². The van der Waals surface area contributed by atoms with Crippen LogP contribution >= 0.6 is 0 Å². The molecule has 3 fully saturated rings. The van der Waals surface area contributed by atoms with E-state index in [9.17, 15) is 4.79 Å². The molecule has 0 bridgehead atoms. The quantitative estimate of drug-likeness (QED) is 0.847. The van der Waals surface area contributed by atoms with E-state index in [1.54, 1.807) is 0 Å². The van der Waals surface area contributed by atoms with Gasteiger partial charge in [-0.25, -0.2) is 0 Å². The van der Waals surface area contributed by atoms with Gasteiger partial charge in [0, 0.05) is 37.5 Å². The first-order valence-corrected chi connectivity index (χ1v) is 8.01. The van der Waals surface area contributed by atoms with Gasteiger partial charge in [-0.15, -0.1) is 0 Å². The highest BCUT2D eigenvalue weighted by atomic mass is 16.5. The number of hydrogen-bond acceptors (Lipinski definition) is 5. The summed E-state index contributed by atoms with van der Waals surface area (Å²) in [7, 11) is 0. The van der Waals surface area contributed by atoms with Crippen molar-refractivity contribution in [1.82, 2.24) is 15.0 Å². The van der Waals surface area contributed by atoms with Crippen molar-refractivity contribution in [3.63, 3.8) is 0 Å². The Labute approximate surface area is 123 Å². The zero-order chi connectivity index (χ0) is 14.2. The number of aromatic nitrogens is 2. The molecule has 4 rings (SSSR count). The summed E-state index contributed by atoms with van der Waals surface area (Å²) in [5.74, 6) is 2.80. The fourth-order valence-electron chi connectivity index (χ4n) is 3.25. The van der Waals surface area contributed by atoms with Crippen molar-refractivity contribution < 1.29 is 14.1 Å². The molecule has 0 aromatic carbocycles. The minimum atomic E-state index is 0.291. The summed E-state index contributed by atoms with van der Waals surface area (Å²) in [5, 5.41) is 4.12. The van der Waals surface area contributed by atoms with Crippen LogP contribution in [-0.4, -0.2) is 47.3 Å². The van der Waals surface area contributed by atoms with Gasteiger partial charge in [0.2, 0.25) is 11.8 Å². The third-order valence-corrected chi connectivity index (χ3v) is 4.83. The topological polar surface area (TPSA) is 68.5 Å². The minimum Gasteiger partial charge on any atom is -0.381 e. The molecule has 2 aliphatic heterocycles. The van der Waals surface area contributed by atoms with Crippen LogP contribution in [0.15, 0.2) is 4.52 Å². The van der Waals surface area contributed by atoms with E-state index in [1.807, 2.05) is 4.90 Å². The van der Waals surface area contributed by atoms with Gasteiger partial charge < -0.3 is 14.2 Å². The van der Waals surface area contributed by atoms with Gasteiger partial charge >= 0.3 is 0 Å². The Hall–Kier alpha value is -1.43. The lowest BCUT2D eigenvalue weighted by Gasteiger charge is -2.30. The largest absolute Gasteiger partial charge is 0.381 e. The number of piperidine rings is 1. The average molecular weight is 291 g/mol. The number of likely N-dealkylation sites (tertiary alicyclic amines) is 1. The summed E-state index contributed by atoms with van der Waals surface area (Å²) in [4.78, 5) is 18.6. The first-order valence-electron chi connectivity index (χ1n) is 8.01. The highest BCUT2D eigenvalue weighted by Gasteiger charge is 2.36. The van der Waals surface area contributed by atoms with Gasteiger partial charge in [0.05, 0.1) is 6.61 Å². The lowest BCUT2D eigenvalue weighted by atomic mass is 9.96. The van der Waals surface area contributed by atoms with Crippen LogP contribution in [0.3, 0.4) is 0 Å². The van der Waals surface area contributed by atoms with Gasteiger partial charge in [-0.05, 0) is 32.1 Å². The van der Waals surface area contributed by atoms with Gasteiger partial charge in [-0.1, -0.05) is 5.16 Å². The summed E-state index contributed by atoms with van der Waals surface area (Å²) >= 11 is 0. The first-order chi connectivity index (χ1) is 10.3. The molecule has 1 amide bonds. The van der Waals surface area contributed by atoms with Crippen LogP contribution in [0.5, 0.6) is 0 Å². The number of carbonyl (C=O) groups is 1. The van der Waals surface area contributed by atoms with Crippen LogP contribution in [0.25, 0.3) is 0 Å². The molecule has 0 spiro atoms. The van der Waals surface area contributed by atoms with Crippen LogP contribution in [-0.2, 0) is 9.53 Å². The highest BCUT2D eigenvalue weighted by molar-refractivity contribution is 5.81. The van der Waals surface area contributed by atoms with Crippen molar-refractivity contribution in [3.05, 3.63) is 11.7 Å². The predicted octanol–water partition coefficient (Wildman–Crippen LogP) is 1.69.